The Kier molecular flexibility index (Phi) is 19.3. The average molecular weight is 480 g/mol. The predicted molar refractivity (Wildman–Crippen MR) is 130 cm³/mol. The first kappa shape index (κ1) is 31.3. The first-order chi connectivity index (χ1) is 15.2. The van der Waals surface area contributed by atoms with E-state index in [2.05, 4.69) is 19.2 Å². The van der Waals surface area contributed by atoms with Crippen LogP contribution in [-0.2, 0) is 14.9 Å². The van der Waals surface area contributed by atoms with E-state index in [-0.39, 0.29) is 0 Å². The van der Waals surface area contributed by atoms with E-state index >= 15 is 0 Å². The predicted octanol–water partition coefficient (Wildman–Crippen LogP) is 4.75. The zero-order chi connectivity index (χ0) is 24.2. The molecule has 0 aliphatic heterocycles. The van der Waals surface area contributed by atoms with Crippen LogP contribution in [0.3, 0.4) is 0 Å². The summed E-state index contributed by atoms with van der Waals surface area (Å²) < 4.78 is 31.9. The van der Waals surface area contributed by atoms with Crippen LogP contribution in [0.4, 0.5) is 0 Å². The molecule has 0 saturated carbocycles. The van der Waals surface area contributed by atoms with E-state index in [1.807, 2.05) is 0 Å². The van der Waals surface area contributed by atoms with Gasteiger partial charge in [-0.3, -0.25) is 9.35 Å². The van der Waals surface area contributed by atoms with Crippen molar-refractivity contribution in [2.75, 3.05) is 5.75 Å². The van der Waals surface area contributed by atoms with Gasteiger partial charge in [0, 0.05) is 0 Å². The Labute approximate surface area is 196 Å². The molecule has 0 heterocycles. The molecule has 0 radical (unpaired) electrons. The van der Waals surface area contributed by atoms with Gasteiger partial charge in [-0.15, -0.1) is 0 Å². The maximum atomic E-state index is 12.3. The Hall–Kier alpha value is -0.700. The van der Waals surface area contributed by atoms with Gasteiger partial charge >= 0.3 is 0 Å². The van der Waals surface area contributed by atoms with E-state index in [1.54, 1.807) is 0 Å². The number of hydrogen-bond donors (Lipinski definition) is 4. The Morgan fingerprint density at radius 3 is 1.56 bits per heavy atom. The number of unbranched alkanes of at least 4 members (excludes halogenated alkanes) is 13. The van der Waals surface area contributed by atoms with Crippen molar-refractivity contribution in [3.8, 4) is 0 Å². The van der Waals surface area contributed by atoms with Gasteiger partial charge in [0.2, 0.25) is 5.91 Å². The number of carbonyl (C=O) groups excluding carboxylic acids is 1. The minimum Gasteiger partial charge on any atom is -0.391 e. The fraction of sp³-hybridized carbons (Fsp3) is 0.958. The van der Waals surface area contributed by atoms with E-state index in [0.29, 0.717) is 25.7 Å². The molecule has 3 atom stereocenters. The Morgan fingerprint density at radius 1 is 0.719 bits per heavy atom. The third-order valence-electron chi connectivity index (χ3n) is 5.92. The number of aliphatic hydroxyl groups is 2. The standard InChI is InChI=1S/C24H49NO6S/c1-3-5-7-9-11-12-13-15-17-19-23(27)24(28)25-21(20-32(29,30)31)22(26)18-16-14-10-8-6-4-2/h21-23,26-27H,3-20H2,1-2H3,(H,25,28)(H,29,30,31). The molecule has 192 valence electrons. The monoisotopic (exact) mass is 479 g/mol. The van der Waals surface area contributed by atoms with Crippen molar-refractivity contribution in [3.63, 3.8) is 0 Å². The van der Waals surface area contributed by atoms with Crippen molar-refractivity contribution in [2.24, 2.45) is 0 Å². The fourth-order valence-corrected chi connectivity index (χ4v) is 4.63. The highest BCUT2D eigenvalue weighted by Crippen LogP contribution is 2.14. The molecule has 1 amide bonds. The number of amides is 1. The lowest BCUT2D eigenvalue weighted by molar-refractivity contribution is -0.131. The molecular weight excluding hydrogens is 430 g/mol. The van der Waals surface area contributed by atoms with Crippen molar-refractivity contribution < 1.29 is 28.0 Å². The molecule has 0 rings (SSSR count). The molecule has 0 aromatic carbocycles. The summed E-state index contributed by atoms with van der Waals surface area (Å²) in [5.41, 5.74) is 0. The summed E-state index contributed by atoms with van der Waals surface area (Å²) in [6.45, 7) is 4.33. The molecule has 0 fully saturated rings. The van der Waals surface area contributed by atoms with Crippen LogP contribution < -0.4 is 5.32 Å². The molecule has 0 aromatic rings. The number of rotatable bonds is 22. The van der Waals surface area contributed by atoms with E-state index < -0.39 is 40.0 Å². The van der Waals surface area contributed by atoms with Crippen molar-refractivity contribution in [3.05, 3.63) is 0 Å². The van der Waals surface area contributed by atoms with Crippen LogP contribution in [0.1, 0.15) is 123 Å². The van der Waals surface area contributed by atoms with Crippen LogP contribution >= 0.6 is 0 Å². The summed E-state index contributed by atoms with van der Waals surface area (Å²) in [6, 6.07) is -1.13. The largest absolute Gasteiger partial charge is 0.391 e. The minimum atomic E-state index is -4.37. The molecule has 0 spiro atoms. The van der Waals surface area contributed by atoms with Gasteiger partial charge in [-0.2, -0.15) is 8.42 Å². The van der Waals surface area contributed by atoms with Gasteiger partial charge in [-0.05, 0) is 12.8 Å². The molecule has 0 saturated heterocycles. The highest BCUT2D eigenvalue weighted by Gasteiger charge is 2.28. The van der Waals surface area contributed by atoms with Crippen LogP contribution in [0, 0.1) is 0 Å². The van der Waals surface area contributed by atoms with Gasteiger partial charge < -0.3 is 15.5 Å². The summed E-state index contributed by atoms with van der Waals surface area (Å²) in [6.07, 6.45) is 14.6. The van der Waals surface area contributed by atoms with E-state index in [0.717, 1.165) is 44.9 Å². The quantitative estimate of drug-likeness (QED) is 0.131. The molecule has 0 aromatic heterocycles. The van der Waals surface area contributed by atoms with Gasteiger partial charge in [0.05, 0.1) is 17.9 Å². The number of hydrogen-bond acceptors (Lipinski definition) is 5. The molecule has 8 heteroatoms. The van der Waals surface area contributed by atoms with Gasteiger partial charge in [-0.25, -0.2) is 0 Å². The van der Waals surface area contributed by atoms with Crippen molar-refractivity contribution in [1.82, 2.24) is 5.32 Å². The first-order valence-electron chi connectivity index (χ1n) is 12.8. The molecule has 3 unspecified atom stereocenters. The molecule has 4 N–H and O–H groups in total. The smallest absolute Gasteiger partial charge is 0.266 e. The lowest BCUT2D eigenvalue weighted by Crippen LogP contribution is -2.50. The molecule has 32 heavy (non-hydrogen) atoms. The van der Waals surface area contributed by atoms with Crippen LogP contribution in [0.25, 0.3) is 0 Å². The number of aliphatic hydroxyl groups excluding tert-OH is 2. The second kappa shape index (κ2) is 19.7. The average Bonchev–Trinajstić information content (AvgIpc) is 2.73. The van der Waals surface area contributed by atoms with Crippen LogP contribution in [-0.4, -0.2) is 53.1 Å². The van der Waals surface area contributed by atoms with Crippen LogP contribution in [0.2, 0.25) is 0 Å². The van der Waals surface area contributed by atoms with E-state index in [4.69, 9.17) is 0 Å². The Bertz CT molecular complexity index is 555. The van der Waals surface area contributed by atoms with Crippen molar-refractivity contribution in [2.45, 2.75) is 141 Å². The van der Waals surface area contributed by atoms with Gasteiger partial charge in [0.1, 0.15) is 6.10 Å². The Balaban J connectivity index is 4.28. The van der Waals surface area contributed by atoms with Gasteiger partial charge in [-0.1, -0.05) is 110 Å². The second-order valence-corrected chi connectivity index (χ2v) is 10.6. The van der Waals surface area contributed by atoms with E-state index in [9.17, 15) is 28.0 Å². The SMILES string of the molecule is CCCCCCCCCCCC(O)C(=O)NC(CS(=O)(=O)O)C(O)CCCCCCCC. The highest BCUT2D eigenvalue weighted by atomic mass is 32.2. The lowest BCUT2D eigenvalue weighted by Gasteiger charge is -2.24. The third-order valence-corrected chi connectivity index (χ3v) is 6.70. The topological polar surface area (TPSA) is 124 Å². The second-order valence-electron chi connectivity index (χ2n) is 9.12. The maximum absolute atomic E-state index is 12.3. The van der Waals surface area contributed by atoms with Crippen LogP contribution in [0.15, 0.2) is 0 Å². The maximum Gasteiger partial charge on any atom is 0.266 e. The van der Waals surface area contributed by atoms with E-state index in [1.165, 1.54) is 38.5 Å². The summed E-state index contributed by atoms with van der Waals surface area (Å²) in [4.78, 5) is 12.3. The molecule has 7 nitrogen and oxygen atoms in total. The first-order valence-corrected chi connectivity index (χ1v) is 14.4. The van der Waals surface area contributed by atoms with Crippen molar-refractivity contribution in [1.29, 1.82) is 0 Å². The minimum absolute atomic E-state index is 0.299. The third kappa shape index (κ3) is 18.8. The molecule has 0 aliphatic rings. The molecule has 0 bridgehead atoms. The zero-order valence-electron chi connectivity index (χ0n) is 20.4. The van der Waals surface area contributed by atoms with Gasteiger partial charge in [0.15, 0.2) is 0 Å². The molecular formula is C24H49NO6S. The lowest BCUT2D eigenvalue weighted by atomic mass is 10.0. The Morgan fingerprint density at radius 2 is 1.12 bits per heavy atom. The summed E-state index contributed by atoms with van der Waals surface area (Å²) >= 11 is 0. The summed E-state index contributed by atoms with van der Waals surface area (Å²) in [7, 11) is -4.37. The summed E-state index contributed by atoms with van der Waals surface area (Å²) in [5, 5.41) is 23.0. The molecule has 0 aliphatic carbocycles. The zero-order valence-corrected chi connectivity index (χ0v) is 21.3. The highest BCUT2D eigenvalue weighted by molar-refractivity contribution is 7.85. The number of carbonyl (C=O) groups is 1. The normalized spacial score (nSPS) is 14.8. The van der Waals surface area contributed by atoms with Crippen LogP contribution in [0.5, 0.6) is 0 Å². The van der Waals surface area contributed by atoms with Crippen molar-refractivity contribution >= 4 is 16.0 Å². The van der Waals surface area contributed by atoms with Gasteiger partial charge in [0.25, 0.3) is 10.1 Å². The summed E-state index contributed by atoms with van der Waals surface area (Å²) in [5.74, 6) is -1.46. The fourth-order valence-electron chi connectivity index (χ4n) is 3.87. The number of nitrogens with one attached hydrogen (secondary N) is 1.